The van der Waals surface area contributed by atoms with Gasteiger partial charge in [0.1, 0.15) is 6.61 Å². The van der Waals surface area contributed by atoms with Crippen molar-refractivity contribution in [3.8, 4) is 17.2 Å². The Morgan fingerprint density at radius 1 is 0.962 bits per heavy atom. The van der Waals surface area contributed by atoms with Crippen molar-refractivity contribution in [2.45, 2.75) is 6.61 Å². The summed E-state index contributed by atoms with van der Waals surface area (Å²) in [6.45, 7) is 0.0389. The first-order chi connectivity index (χ1) is 12.5. The van der Waals surface area contributed by atoms with Crippen molar-refractivity contribution in [3.05, 3.63) is 47.3 Å². The molecule has 26 heavy (non-hydrogen) atoms. The first-order valence-electron chi connectivity index (χ1n) is 7.54. The predicted molar refractivity (Wildman–Crippen MR) is 90.8 cm³/mol. The van der Waals surface area contributed by atoms with Crippen molar-refractivity contribution >= 4 is 11.9 Å². The first-order valence-corrected chi connectivity index (χ1v) is 7.54. The van der Waals surface area contributed by atoms with Crippen molar-refractivity contribution in [2.75, 3.05) is 28.4 Å². The fourth-order valence-electron chi connectivity index (χ4n) is 2.25. The maximum absolute atomic E-state index is 11.8. The molecule has 0 saturated carbocycles. The molecule has 0 amide bonds. The number of carbonyl (C=O) groups excluding carboxylic acids is 2. The zero-order chi connectivity index (χ0) is 19.1. The fourth-order valence-corrected chi connectivity index (χ4v) is 2.25. The highest BCUT2D eigenvalue weighted by atomic mass is 16.5. The van der Waals surface area contributed by atoms with Crippen LogP contribution in [0.2, 0.25) is 0 Å². The van der Waals surface area contributed by atoms with Gasteiger partial charge in [-0.1, -0.05) is 0 Å². The minimum Gasteiger partial charge on any atom is -0.493 e. The zero-order valence-electron chi connectivity index (χ0n) is 14.9. The number of hydrogen-bond acceptors (Lipinski definition) is 8. The lowest BCUT2D eigenvalue weighted by atomic mass is 10.1. The summed E-state index contributed by atoms with van der Waals surface area (Å²) in [6, 6.07) is 4.61. The number of aromatic nitrogens is 1. The normalized spacial score (nSPS) is 10.0. The highest BCUT2D eigenvalue weighted by molar-refractivity contribution is 5.91. The molecule has 8 nitrogen and oxygen atoms in total. The quantitative estimate of drug-likeness (QED) is 0.693. The molecule has 1 heterocycles. The van der Waals surface area contributed by atoms with Gasteiger partial charge in [0, 0.05) is 18.0 Å². The van der Waals surface area contributed by atoms with Crippen LogP contribution in [0.3, 0.4) is 0 Å². The lowest BCUT2D eigenvalue weighted by molar-refractivity contribution is 0.0588. The van der Waals surface area contributed by atoms with Gasteiger partial charge in [-0.25, -0.2) is 9.59 Å². The smallest absolute Gasteiger partial charge is 0.339 e. The van der Waals surface area contributed by atoms with Gasteiger partial charge in [-0.3, -0.25) is 4.98 Å². The number of rotatable bonds is 7. The van der Waals surface area contributed by atoms with Gasteiger partial charge in [0.05, 0.1) is 39.6 Å². The number of nitrogens with zero attached hydrogens (tertiary/aromatic N) is 1. The lowest BCUT2D eigenvalue weighted by Crippen LogP contribution is -2.09. The zero-order valence-corrected chi connectivity index (χ0v) is 14.9. The van der Waals surface area contributed by atoms with Crippen LogP contribution in [0.4, 0.5) is 0 Å². The van der Waals surface area contributed by atoms with Crippen LogP contribution in [-0.2, 0) is 16.1 Å². The van der Waals surface area contributed by atoms with Crippen LogP contribution in [0, 0.1) is 0 Å². The molecule has 138 valence electrons. The van der Waals surface area contributed by atoms with Crippen molar-refractivity contribution in [2.24, 2.45) is 0 Å². The minimum absolute atomic E-state index is 0.0389. The van der Waals surface area contributed by atoms with Gasteiger partial charge < -0.3 is 23.7 Å². The van der Waals surface area contributed by atoms with Gasteiger partial charge in [0.15, 0.2) is 11.5 Å². The number of carbonyl (C=O) groups is 2. The molecule has 1 aromatic heterocycles. The Morgan fingerprint density at radius 2 is 1.58 bits per heavy atom. The molecule has 0 spiro atoms. The molecule has 0 N–H and O–H groups in total. The highest BCUT2D eigenvalue weighted by Gasteiger charge is 2.19. The molecule has 0 aliphatic rings. The van der Waals surface area contributed by atoms with E-state index in [1.54, 1.807) is 12.3 Å². The Bertz CT molecular complexity index is 779. The molecular weight excluding hydrogens is 342 g/mol. The van der Waals surface area contributed by atoms with Crippen molar-refractivity contribution in [1.29, 1.82) is 0 Å². The molecule has 0 atom stereocenters. The van der Waals surface area contributed by atoms with Gasteiger partial charge in [0.25, 0.3) is 0 Å². The Balaban J connectivity index is 2.35. The first kappa shape index (κ1) is 19.0. The second kappa shape index (κ2) is 8.70. The SMILES string of the molecule is COC(=O)c1cc(OC)c(OCc2ccncc2C(=O)OC)c(OC)c1. The lowest BCUT2D eigenvalue weighted by Gasteiger charge is -2.16. The van der Waals surface area contributed by atoms with E-state index in [4.69, 9.17) is 23.7 Å². The molecule has 8 heteroatoms. The summed E-state index contributed by atoms with van der Waals surface area (Å²) < 4.78 is 25.8. The molecule has 0 bridgehead atoms. The van der Waals surface area contributed by atoms with Crippen LogP contribution >= 0.6 is 0 Å². The average Bonchev–Trinajstić information content (AvgIpc) is 2.70. The summed E-state index contributed by atoms with van der Waals surface area (Å²) in [5.41, 5.74) is 1.12. The van der Waals surface area contributed by atoms with Gasteiger partial charge >= 0.3 is 11.9 Å². The molecule has 2 aromatic rings. The summed E-state index contributed by atoms with van der Waals surface area (Å²) in [5, 5.41) is 0. The van der Waals surface area contributed by atoms with E-state index in [2.05, 4.69) is 4.98 Å². The largest absolute Gasteiger partial charge is 0.493 e. The summed E-state index contributed by atoms with van der Waals surface area (Å²) in [7, 11) is 5.45. The van der Waals surface area contributed by atoms with E-state index < -0.39 is 11.9 Å². The molecule has 2 rings (SSSR count). The third kappa shape index (κ3) is 4.02. The maximum atomic E-state index is 11.8. The van der Waals surface area contributed by atoms with E-state index in [-0.39, 0.29) is 17.9 Å². The second-order valence-electron chi connectivity index (χ2n) is 5.01. The Labute approximate surface area is 150 Å². The Morgan fingerprint density at radius 3 is 2.12 bits per heavy atom. The third-order valence-corrected chi connectivity index (χ3v) is 3.57. The molecule has 0 radical (unpaired) electrons. The molecule has 0 fully saturated rings. The average molecular weight is 361 g/mol. The molecular formula is C18H19NO7. The van der Waals surface area contributed by atoms with E-state index in [9.17, 15) is 9.59 Å². The molecule has 0 aliphatic carbocycles. The van der Waals surface area contributed by atoms with E-state index in [0.29, 0.717) is 22.6 Å². The van der Waals surface area contributed by atoms with E-state index in [1.807, 2.05) is 0 Å². The van der Waals surface area contributed by atoms with Crippen LogP contribution in [-0.4, -0.2) is 45.4 Å². The Kier molecular flexibility index (Phi) is 6.37. The second-order valence-corrected chi connectivity index (χ2v) is 5.01. The Hall–Kier alpha value is -3.29. The van der Waals surface area contributed by atoms with Crippen molar-refractivity contribution < 1.29 is 33.3 Å². The van der Waals surface area contributed by atoms with Crippen molar-refractivity contribution in [1.82, 2.24) is 4.98 Å². The molecule has 1 aromatic carbocycles. The summed E-state index contributed by atoms with van der Waals surface area (Å²) in [4.78, 5) is 27.5. The molecule has 0 saturated heterocycles. The van der Waals surface area contributed by atoms with Gasteiger partial charge in [-0.05, 0) is 18.2 Å². The summed E-state index contributed by atoms with van der Waals surface area (Å²) in [5.74, 6) is -0.181. The van der Waals surface area contributed by atoms with Gasteiger partial charge in [0.2, 0.25) is 5.75 Å². The van der Waals surface area contributed by atoms with Crippen LogP contribution in [0.15, 0.2) is 30.6 Å². The maximum Gasteiger partial charge on any atom is 0.339 e. The molecule has 0 unspecified atom stereocenters. The minimum atomic E-state index is -0.532. The van der Waals surface area contributed by atoms with E-state index in [1.165, 1.54) is 46.8 Å². The highest BCUT2D eigenvalue weighted by Crippen LogP contribution is 2.39. The third-order valence-electron chi connectivity index (χ3n) is 3.57. The number of benzene rings is 1. The number of methoxy groups -OCH3 is 4. The van der Waals surface area contributed by atoms with Crippen LogP contribution in [0.1, 0.15) is 26.3 Å². The topological polar surface area (TPSA) is 93.2 Å². The van der Waals surface area contributed by atoms with Crippen LogP contribution in [0.5, 0.6) is 17.2 Å². The standard InChI is InChI=1S/C18H19NO7/c1-22-14-7-12(17(20)24-3)8-15(23-2)16(14)26-10-11-5-6-19-9-13(11)18(21)25-4/h5-9H,10H2,1-4H3. The monoisotopic (exact) mass is 361 g/mol. The number of ether oxygens (including phenoxy) is 5. The van der Waals surface area contributed by atoms with E-state index >= 15 is 0 Å². The number of pyridine rings is 1. The van der Waals surface area contributed by atoms with Crippen LogP contribution < -0.4 is 14.2 Å². The number of hydrogen-bond donors (Lipinski definition) is 0. The van der Waals surface area contributed by atoms with Crippen LogP contribution in [0.25, 0.3) is 0 Å². The predicted octanol–water partition coefficient (Wildman–Crippen LogP) is 2.25. The van der Waals surface area contributed by atoms with Gasteiger partial charge in [-0.2, -0.15) is 0 Å². The summed E-state index contributed by atoms with van der Waals surface area (Å²) in [6.07, 6.45) is 2.94. The summed E-state index contributed by atoms with van der Waals surface area (Å²) >= 11 is 0. The molecule has 0 aliphatic heterocycles. The fraction of sp³-hybridized carbons (Fsp3) is 0.278. The van der Waals surface area contributed by atoms with Crippen molar-refractivity contribution in [3.63, 3.8) is 0 Å². The number of esters is 2. The van der Waals surface area contributed by atoms with Gasteiger partial charge in [-0.15, -0.1) is 0 Å². The van der Waals surface area contributed by atoms with E-state index in [0.717, 1.165) is 0 Å².